The molecular weight excluding hydrogens is 208 g/mol. The number of aldehydes is 1. The van der Waals surface area contributed by atoms with Crippen LogP contribution in [0, 0.1) is 0 Å². The van der Waals surface area contributed by atoms with Crippen LogP contribution in [0.4, 0.5) is 0 Å². The molecule has 1 rings (SSSR count). The van der Waals surface area contributed by atoms with Crippen molar-refractivity contribution in [1.29, 1.82) is 0 Å². The van der Waals surface area contributed by atoms with E-state index in [0.717, 1.165) is 24.7 Å². The molecule has 0 aromatic heterocycles. The summed E-state index contributed by atoms with van der Waals surface area (Å²) in [6, 6.07) is 5.65. The zero-order valence-electron chi connectivity index (χ0n) is 9.13. The number of hydrogen-bond acceptors (Lipinski definition) is 1. The summed E-state index contributed by atoms with van der Waals surface area (Å²) in [4.78, 5) is 10.7. The van der Waals surface area contributed by atoms with Crippen molar-refractivity contribution in [2.45, 2.75) is 39.0 Å². The predicted molar refractivity (Wildman–Crippen MR) is 64.7 cm³/mol. The van der Waals surface area contributed by atoms with Crippen LogP contribution in [0.5, 0.6) is 0 Å². The third kappa shape index (κ3) is 3.67. The summed E-state index contributed by atoms with van der Waals surface area (Å²) in [5, 5.41) is 0.629. The normalized spacial score (nSPS) is 10.3. The highest BCUT2D eigenvalue weighted by molar-refractivity contribution is 6.33. The van der Waals surface area contributed by atoms with Gasteiger partial charge >= 0.3 is 0 Å². The standard InChI is InChI=1S/C13H17ClO/c1-2-3-4-5-7-11-8-6-9-12(10-15)13(11)14/h6,8-10H,2-5,7H2,1H3. The second-order valence-corrected chi connectivity index (χ2v) is 4.13. The lowest BCUT2D eigenvalue weighted by Crippen LogP contribution is -1.91. The lowest BCUT2D eigenvalue weighted by Gasteiger charge is -2.05. The van der Waals surface area contributed by atoms with E-state index in [-0.39, 0.29) is 0 Å². The smallest absolute Gasteiger partial charge is 0.151 e. The van der Waals surface area contributed by atoms with Gasteiger partial charge in [-0.15, -0.1) is 0 Å². The highest BCUT2D eigenvalue weighted by Crippen LogP contribution is 2.21. The fourth-order valence-corrected chi connectivity index (χ4v) is 1.89. The summed E-state index contributed by atoms with van der Waals surface area (Å²) < 4.78 is 0. The quantitative estimate of drug-likeness (QED) is 0.521. The van der Waals surface area contributed by atoms with Crippen LogP contribution in [0.3, 0.4) is 0 Å². The molecular formula is C13H17ClO. The SMILES string of the molecule is CCCCCCc1cccc(C=O)c1Cl. The number of halogens is 1. The molecule has 15 heavy (non-hydrogen) atoms. The van der Waals surface area contributed by atoms with Crippen molar-refractivity contribution in [3.05, 3.63) is 34.3 Å². The molecule has 1 aromatic carbocycles. The van der Waals surface area contributed by atoms with Gasteiger partial charge in [-0.25, -0.2) is 0 Å². The average Bonchev–Trinajstić information content (AvgIpc) is 2.26. The fraction of sp³-hybridized carbons (Fsp3) is 0.462. The van der Waals surface area contributed by atoms with Crippen molar-refractivity contribution in [2.24, 2.45) is 0 Å². The van der Waals surface area contributed by atoms with Crippen molar-refractivity contribution >= 4 is 17.9 Å². The van der Waals surface area contributed by atoms with Gasteiger partial charge in [0.05, 0.1) is 5.02 Å². The molecule has 0 spiro atoms. The fourth-order valence-electron chi connectivity index (χ4n) is 1.63. The zero-order valence-corrected chi connectivity index (χ0v) is 9.89. The first-order valence-corrected chi connectivity index (χ1v) is 5.90. The molecule has 0 aliphatic carbocycles. The highest BCUT2D eigenvalue weighted by atomic mass is 35.5. The number of hydrogen-bond donors (Lipinski definition) is 0. The van der Waals surface area contributed by atoms with E-state index in [1.54, 1.807) is 6.07 Å². The van der Waals surface area contributed by atoms with E-state index in [2.05, 4.69) is 6.92 Å². The van der Waals surface area contributed by atoms with E-state index in [1.165, 1.54) is 19.3 Å². The molecule has 0 aliphatic rings. The topological polar surface area (TPSA) is 17.1 Å². The second-order valence-electron chi connectivity index (χ2n) is 3.75. The maximum Gasteiger partial charge on any atom is 0.151 e. The molecule has 0 unspecified atom stereocenters. The summed E-state index contributed by atoms with van der Waals surface area (Å²) in [6.07, 6.45) is 6.68. The average molecular weight is 225 g/mol. The van der Waals surface area contributed by atoms with Crippen LogP contribution in [-0.4, -0.2) is 6.29 Å². The van der Waals surface area contributed by atoms with Gasteiger partial charge in [-0.2, -0.15) is 0 Å². The molecule has 2 heteroatoms. The van der Waals surface area contributed by atoms with Gasteiger partial charge in [-0.05, 0) is 18.4 Å². The Kier molecular flexibility index (Phi) is 5.41. The van der Waals surface area contributed by atoms with Crippen LogP contribution in [0.15, 0.2) is 18.2 Å². The number of aryl methyl sites for hydroxylation is 1. The molecule has 82 valence electrons. The molecule has 1 aromatic rings. The maximum absolute atomic E-state index is 10.7. The Balaban J connectivity index is 2.57. The number of rotatable bonds is 6. The van der Waals surface area contributed by atoms with Crippen LogP contribution < -0.4 is 0 Å². The third-order valence-electron chi connectivity index (χ3n) is 2.54. The van der Waals surface area contributed by atoms with Gasteiger partial charge in [0, 0.05) is 5.56 Å². The maximum atomic E-state index is 10.7. The summed E-state index contributed by atoms with van der Waals surface area (Å²) in [5.74, 6) is 0. The minimum Gasteiger partial charge on any atom is -0.298 e. The lowest BCUT2D eigenvalue weighted by molar-refractivity contribution is 0.112. The Morgan fingerprint density at radius 2 is 2.07 bits per heavy atom. The van der Waals surface area contributed by atoms with Gasteiger partial charge in [-0.3, -0.25) is 4.79 Å². The first kappa shape index (κ1) is 12.3. The van der Waals surface area contributed by atoms with Crippen molar-refractivity contribution in [2.75, 3.05) is 0 Å². The molecule has 0 saturated heterocycles. The molecule has 0 radical (unpaired) electrons. The summed E-state index contributed by atoms with van der Waals surface area (Å²) in [5.41, 5.74) is 1.70. The minimum atomic E-state index is 0.602. The summed E-state index contributed by atoms with van der Waals surface area (Å²) >= 11 is 6.09. The van der Waals surface area contributed by atoms with Crippen LogP contribution in [0.2, 0.25) is 5.02 Å². The highest BCUT2D eigenvalue weighted by Gasteiger charge is 2.04. The Hall–Kier alpha value is -0.820. The number of benzene rings is 1. The van der Waals surface area contributed by atoms with Crippen LogP contribution in [0.25, 0.3) is 0 Å². The zero-order chi connectivity index (χ0) is 11.1. The molecule has 0 heterocycles. The first-order chi connectivity index (χ1) is 7.29. The van der Waals surface area contributed by atoms with E-state index >= 15 is 0 Å². The number of carbonyl (C=O) groups is 1. The Morgan fingerprint density at radius 1 is 1.27 bits per heavy atom. The van der Waals surface area contributed by atoms with E-state index in [9.17, 15) is 4.79 Å². The molecule has 0 bridgehead atoms. The van der Waals surface area contributed by atoms with Gasteiger partial charge in [0.25, 0.3) is 0 Å². The van der Waals surface area contributed by atoms with Crippen molar-refractivity contribution in [1.82, 2.24) is 0 Å². The number of unbranched alkanes of at least 4 members (excludes halogenated alkanes) is 3. The van der Waals surface area contributed by atoms with Crippen molar-refractivity contribution < 1.29 is 4.79 Å². The Labute approximate surface area is 96.5 Å². The van der Waals surface area contributed by atoms with E-state index in [1.807, 2.05) is 12.1 Å². The molecule has 0 N–H and O–H groups in total. The van der Waals surface area contributed by atoms with E-state index in [4.69, 9.17) is 11.6 Å². The van der Waals surface area contributed by atoms with Crippen LogP contribution in [0.1, 0.15) is 48.5 Å². The Morgan fingerprint density at radius 3 is 2.73 bits per heavy atom. The van der Waals surface area contributed by atoms with Gasteiger partial charge in [0.2, 0.25) is 0 Å². The van der Waals surface area contributed by atoms with Crippen LogP contribution >= 0.6 is 11.6 Å². The van der Waals surface area contributed by atoms with Crippen molar-refractivity contribution in [3.63, 3.8) is 0 Å². The van der Waals surface area contributed by atoms with Crippen molar-refractivity contribution in [3.8, 4) is 0 Å². The van der Waals surface area contributed by atoms with E-state index < -0.39 is 0 Å². The van der Waals surface area contributed by atoms with Gasteiger partial charge < -0.3 is 0 Å². The van der Waals surface area contributed by atoms with Gasteiger partial charge in [0.15, 0.2) is 6.29 Å². The molecule has 0 fully saturated rings. The molecule has 1 nitrogen and oxygen atoms in total. The number of carbonyl (C=O) groups excluding carboxylic acids is 1. The first-order valence-electron chi connectivity index (χ1n) is 5.52. The second kappa shape index (κ2) is 6.62. The third-order valence-corrected chi connectivity index (χ3v) is 3.00. The minimum absolute atomic E-state index is 0.602. The van der Waals surface area contributed by atoms with Gasteiger partial charge in [0.1, 0.15) is 0 Å². The summed E-state index contributed by atoms with van der Waals surface area (Å²) in [6.45, 7) is 2.19. The molecule has 0 atom stereocenters. The summed E-state index contributed by atoms with van der Waals surface area (Å²) in [7, 11) is 0. The van der Waals surface area contributed by atoms with E-state index in [0.29, 0.717) is 10.6 Å². The molecule has 0 aliphatic heterocycles. The monoisotopic (exact) mass is 224 g/mol. The largest absolute Gasteiger partial charge is 0.298 e. The lowest BCUT2D eigenvalue weighted by atomic mass is 10.0. The van der Waals surface area contributed by atoms with Crippen LogP contribution in [-0.2, 0) is 6.42 Å². The van der Waals surface area contributed by atoms with Gasteiger partial charge in [-0.1, -0.05) is 56.0 Å². The molecule has 0 amide bonds. The Bertz CT molecular complexity index is 320. The molecule has 0 saturated carbocycles. The predicted octanol–water partition coefficient (Wildman–Crippen LogP) is 4.28.